The van der Waals surface area contributed by atoms with Gasteiger partial charge in [0.25, 0.3) is 0 Å². The van der Waals surface area contributed by atoms with Crippen molar-refractivity contribution in [2.24, 2.45) is 0 Å². The Kier molecular flexibility index (Phi) is 2.56. The molecule has 15 heavy (non-hydrogen) atoms. The van der Waals surface area contributed by atoms with Gasteiger partial charge in [0.05, 0.1) is 31.1 Å². The fourth-order valence-electron chi connectivity index (χ4n) is 1.19. The molecule has 1 aliphatic heterocycles. The molecule has 5 heteroatoms. The summed E-state index contributed by atoms with van der Waals surface area (Å²) < 4.78 is 5.05. The summed E-state index contributed by atoms with van der Waals surface area (Å²) in [5.41, 5.74) is 0.899. The number of nitrogens with one attached hydrogen (secondary N) is 1. The molecule has 1 fully saturated rings. The molecule has 82 valence electrons. The Balaban J connectivity index is 2.03. The van der Waals surface area contributed by atoms with Gasteiger partial charge in [-0.05, 0) is 0 Å². The van der Waals surface area contributed by atoms with E-state index in [9.17, 15) is 0 Å². The van der Waals surface area contributed by atoms with Crippen LogP contribution >= 0.6 is 0 Å². The molecule has 2 heterocycles. The van der Waals surface area contributed by atoms with E-state index in [1.807, 2.05) is 0 Å². The van der Waals surface area contributed by atoms with Crippen molar-refractivity contribution in [1.82, 2.24) is 15.2 Å². The summed E-state index contributed by atoms with van der Waals surface area (Å²) in [4.78, 5) is 4.23. The highest BCUT2D eigenvalue weighted by atomic mass is 16.5. The maximum atomic E-state index is 5.05. The maximum absolute atomic E-state index is 5.05. The smallest absolute Gasteiger partial charge is 0.243 e. The largest absolute Gasteiger partial charge is 0.377 e. The average Bonchev–Trinajstić information content (AvgIpc) is 2.11. The van der Waals surface area contributed by atoms with Crippen molar-refractivity contribution in [3.63, 3.8) is 0 Å². The number of nitrogens with zero attached hydrogens (tertiary/aromatic N) is 3. The molecule has 1 N–H and O–H groups in total. The second kappa shape index (κ2) is 3.73. The van der Waals surface area contributed by atoms with Gasteiger partial charge in [0.1, 0.15) is 0 Å². The van der Waals surface area contributed by atoms with Crippen LogP contribution in [0, 0.1) is 0 Å². The fourth-order valence-corrected chi connectivity index (χ4v) is 1.19. The molecule has 0 radical (unpaired) electrons. The Morgan fingerprint density at radius 3 is 2.47 bits per heavy atom. The third-order valence-electron chi connectivity index (χ3n) is 2.30. The summed E-state index contributed by atoms with van der Waals surface area (Å²) in [5.74, 6) is 0.580. The number of ether oxygens (including phenoxy) is 1. The predicted octanol–water partition coefficient (Wildman–Crippen LogP) is 0.980. The van der Waals surface area contributed by atoms with Gasteiger partial charge in [-0.15, -0.1) is 10.2 Å². The van der Waals surface area contributed by atoms with Crippen LogP contribution < -0.4 is 5.32 Å². The van der Waals surface area contributed by atoms with E-state index in [2.05, 4.69) is 41.3 Å². The van der Waals surface area contributed by atoms with Crippen LogP contribution in [-0.4, -0.2) is 34.4 Å². The molecule has 0 bridgehead atoms. The SMILES string of the molecule is CC(C)(C)c1cnc(NC2COC2)nn1. The Labute approximate surface area is 89.3 Å². The molecule has 1 aromatic heterocycles. The Bertz CT molecular complexity index is 326. The van der Waals surface area contributed by atoms with E-state index >= 15 is 0 Å². The van der Waals surface area contributed by atoms with Gasteiger partial charge < -0.3 is 10.1 Å². The van der Waals surface area contributed by atoms with Gasteiger partial charge in [-0.25, -0.2) is 4.98 Å². The third-order valence-corrected chi connectivity index (χ3v) is 2.30. The van der Waals surface area contributed by atoms with Gasteiger partial charge in [0, 0.05) is 5.41 Å². The van der Waals surface area contributed by atoms with Crippen LogP contribution in [0.25, 0.3) is 0 Å². The van der Waals surface area contributed by atoms with Crippen molar-refractivity contribution in [1.29, 1.82) is 0 Å². The zero-order chi connectivity index (χ0) is 10.9. The normalized spacial score (nSPS) is 17.3. The molecular weight excluding hydrogens is 192 g/mol. The second-order valence-electron chi connectivity index (χ2n) is 4.80. The van der Waals surface area contributed by atoms with Gasteiger partial charge in [0.2, 0.25) is 5.95 Å². The van der Waals surface area contributed by atoms with Gasteiger partial charge in [0.15, 0.2) is 0 Å². The van der Waals surface area contributed by atoms with E-state index in [4.69, 9.17) is 4.74 Å². The first-order chi connectivity index (χ1) is 7.05. The Hall–Kier alpha value is -1.23. The lowest BCUT2D eigenvalue weighted by molar-refractivity contribution is 0.0207. The molecule has 0 aromatic carbocycles. The molecule has 1 saturated heterocycles. The van der Waals surface area contributed by atoms with Crippen LogP contribution in [-0.2, 0) is 10.2 Å². The van der Waals surface area contributed by atoms with Crippen LogP contribution in [0.15, 0.2) is 6.20 Å². The topological polar surface area (TPSA) is 59.9 Å². The fraction of sp³-hybridized carbons (Fsp3) is 0.700. The van der Waals surface area contributed by atoms with Crippen LogP contribution in [0.4, 0.5) is 5.95 Å². The summed E-state index contributed by atoms with van der Waals surface area (Å²) in [6.45, 7) is 7.72. The lowest BCUT2D eigenvalue weighted by Gasteiger charge is -2.26. The summed E-state index contributed by atoms with van der Waals surface area (Å²) in [6, 6.07) is 0.340. The molecule has 0 amide bonds. The van der Waals surface area contributed by atoms with Crippen LogP contribution in [0.5, 0.6) is 0 Å². The highest BCUT2D eigenvalue weighted by Gasteiger charge is 2.20. The van der Waals surface area contributed by atoms with Crippen molar-refractivity contribution < 1.29 is 4.74 Å². The Morgan fingerprint density at radius 1 is 1.33 bits per heavy atom. The predicted molar refractivity (Wildman–Crippen MR) is 56.8 cm³/mol. The number of aromatic nitrogens is 3. The van der Waals surface area contributed by atoms with E-state index in [1.165, 1.54) is 0 Å². The third kappa shape index (κ3) is 2.41. The van der Waals surface area contributed by atoms with E-state index in [-0.39, 0.29) is 5.41 Å². The highest BCUT2D eigenvalue weighted by Crippen LogP contribution is 2.18. The van der Waals surface area contributed by atoms with Gasteiger partial charge >= 0.3 is 0 Å². The summed E-state index contributed by atoms with van der Waals surface area (Å²) in [7, 11) is 0. The van der Waals surface area contributed by atoms with Crippen molar-refractivity contribution in [3.05, 3.63) is 11.9 Å². The minimum Gasteiger partial charge on any atom is -0.377 e. The molecule has 0 saturated carbocycles. The minimum absolute atomic E-state index is 0.00187. The zero-order valence-electron chi connectivity index (χ0n) is 9.32. The van der Waals surface area contributed by atoms with Gasteiger partial charge in [-0.1, -0.05) is 20.8 Å². The lowest BCUT2D eigenvalue weighted by atomic mass is 9.93. The number of hydrogen-bond acceptors (Lipinski definition) is 5. The molecule has 1 aromatic rings. The second-order valence-corrected chi connectivity index (χ2v) is 4.80. The zero-order valence-corrected chi connectivity index (χ0v) is 9.32. The number of rotatable bonds is 2. The molecule has 2 rings (SSSR count). The van der Waals surface area contributed by atoms with Crippen LogP contribution in [0.1, 0.15) is 26.5 Å². The van der Waals surface area contributed by atoms with Crippen molar-refractivity contribution in [2.45, 2.75) is 32.2 Å². The summed E-state index contributed by atoms with van der Waals surface area (Å²) in [5, 5.41) is 11.3. The first-order valence-electron chi connectivity index (χ1n) is 5.10. The molecule has 0 spiro atoms. The lowest BCUT2D eigenvalue weighted by Crippen LogP contribution is -2.40. The monoisotopic (exact) mass is 208 g/mol. The summed E-state index contributed by atoms with van der Waals surface area (Å²) >= 11 is 0. The average molecular weight is 208 g/mol. The van der Waals surface area contributed by atoms with Crippen molar-refractivity contribution >= 4 is 5.95 Å². The van der Waals surface area contributed by atoms with Gasteiger partial charge in [-0.3, -0.25) is 0 Å². The Morgan fingerprint density at radius 2 is 2.07 bits per heavy atom. The standard InChI is InChI=1S/C10H16N4O/c1-10(2,3)8-4-11-9(14-13-8)12-7-5-15-6-7/h4,7H,5-6H2,1-3H3,(H,11,12,14). The van der Waals surface area contributed by atoms with Crippen molar-refractivity contribution in [3.8, 4) is 0 Å². The molecule has 0 atom stereocenters. The summed E-state index contributed by atoms with van der Waals surface area (Å²) in [6.07, 6.45) is 1.77. The van der Waals surface area contributed by atoms with E-state index in [0.29, 0.717) is 12.0 Å². The first kappa shape index (κ1) is 10.3. The van der Waals surface area contributed by atoms with E-state index in [1.54, 1.807) is 6.20 Å². The quantitative estimate of drug-likeness (QED) is 0.785. The van der Waals surface area contributed by atoms with Crippen molar-refractivity contribution in [2.75, 3.05) is 18.5 Å². The van der Waals surface area contributed by atoms with Crippen LogP contribution in [0.2, 0.25) is 0 Å². The number of hydrogen-bond donors (Lipinski definition) is 1. The van der Waals surface area contributed by atoms with Gasteiger partial charge in [-0.2, -0.15) is 0 Å². The first-order valence-corrected chi connectivity index (χ1v) is 5.10. The molecular formula is C10H16N4O. The number of anilines is 1. The minimum atomic E-state index is -0.00187. The molecule has 0 aliphatic carbocycles. The highest BCUT2D eigenvalue weighted by molar-refractivity contribution is 5.25. The molecule has 1 aliphatic rings. The molecule has 5 nitrogen and oxygen atoms in total. The molecule has 0 unspecified atom stereocenters. The maximum Gasteiger partial charge on any atom is 0.243 e. The van der Waals surface area contributed by atoms with E-state index < -0.39 is 0 Å². The van der Waals surface area contributed by atoms with Crippen LogP contribution in [0.3, 0.4) is 0 Å². The van der Waals surface area contributed by atoms with E-state index in [0.717, 1.165) is 18.9 Å².